The molecule has 3 heteroatoms. The van der Waals surface area contributed by atoms with Crippen molar-refractivity contribution >= 4 is 11.6 Å². The number of hydrogen-bond acceptors (Lipinski definition) is 2. The van der Waals surface area contributed by atoms with Crippen molar-refractivity contribution in [2.75, 3.05) is 13.6 Å². The van der Waals surface area contributed by atoms with Crippen LogP contribution in [0.25, 0.3) is 0 Å². The molecule has 1 aromatic rings. The third-order valence-corrected chi connectivity index (χ3v) is 3.68. The largest absolute Gasteiger partial charge is 0.326 e. The molecule has 2 nitrogen and oxygen atoms in total. The molecule has 0 aliphatic heterocycles. The van der Waals surface area contributed by atoms with Gasteiger partial charge in [0.25, 0.3) is 0 Å². The molecule has 0 fully saturated rings. The number of hydrogen-bond donors (Lipinski definition) is 1. The Morgan fingerprint density at radius 3 is 2.33 bits per heavy atom. The molecule has 2 atom stereocenters. The second-order valence-electron chi connectivity index (χ2n) is 4.90. The van der Waals surface area contributed by atoms with Crippen LogP contribution in [0, 0.1) is 0 Å². The Morgan fingerprint density at radius 2 is 1.83 bits per heavy atom. The van der Waals surface area contributed by atoms with Gasteiger partial charge in [-0.25, -0.2) is 0 Å². The molecule has 18 heavy (non-hydrogen) atoms. The number of nitrogens with zero attached hydrogens (tertiary/aromatic N) is 1. The van der Waals surface area contributed by atoms with Gasteiger partial charge in [-0.3, -0.25) is 4.90 Å². The van der Waals surface area contributed by atoms with Crippen LogP contribution in [-0.4, -0.2) is 24.5 Å². The summed E-state index contributed by atoms with van der Waals surface area (Å²) in [6.07, 6.45) is 3.39. The molecular weight excluding hydrogens is 244 g/mol. The number of unbranched alkanes of at least 4 members (excludes halogenated alkanes) is 1. The first-order valence-electron chi connectivity index (χ1n) is 6.81. The topological polar surface area (TPSA) is 29.3 Å². The van der Waals surface area contributed by atoms with E-state index in [9.17, 15) is 0 Å². The third-order valence-electron chi connectivity index (χ3n) is 3.43. The molecule has 0 saturated heterocycles. The second kappa shape index (κ2) is 7.78. The van der Waals surface area contributed by atoms with E-state index < -0.39 is 0 Å². The lowest BCUT2D eigenvalue weighted by Crippen LogP contribution is -2.39. The standard InChI is InChI=1S/C15H25ClN2/c1-4-6-11-18(3)15(14(17)5-2)12-7-9-13(16)10-8-12/h7-10,14-15H,4-6,11,17H2,1-3H3. The molecule has 0 amide bonds. The maximum Gasteiger partial charge on any atom is 0.0496 e. The van der Waals surface area contributed by atoms with Crippen molar-refractivity contribution in [3.05, 3.63) is 34.9 Å². The summed E-state index contributed by atoms with van der Waals surface area (Å²) in [5.41, 5.74) is 7.54. The average molecular weight is 269 g/mol. The lowest BCUT2D eigenvalue weighted by atomic mass is 9.96. The van der Waals surface area contributed by atoms with Crippen molar-refractivity contribution in [3.8, 4) is 0 Å². The van der Waals surface area contributed by atoms with Crippen LogP contribution in [0.2, 0.25) is 5.02 Å². The van der Waals surface area contributed by atoms with Gasteiger partial charge in [0.05, 0.1) is 0 Å². The second-order valence-corrected chi connectivity index (χ2v) is 5.34. The Bertz CT molecular complexity index is 337. The molecule has 0 aliphatic rings. The molecule has 0 aromatic heterocycles. The molecule has 0 saturated carbocycles. The lowest BCUT2D eigenvalue weighted by Gasteiger charge is -2.32. The van der Waals surface area contributed by atoms with Crippen LogP contribution in [0.1, 0.15) is 44.7 Å². The fraction of sp³-hybridized carbons (Fsp3) is 0.600. The number of likely N-dealkylation sites (N-methyl/N-ethyl adjacent to an activating group) is 1. The summed E-state index contributed by atoms with van der Waals surface area (Å²) < 4.78 is 0. The van der Waals surface area contributed by atoms with Gasteiger partial charge < -0.3 is 5.73 Å². The van der Waals surface area contributed by atoms with Gasteiger partial charge in [0.1, 0.15) is 0 Å². The zero-order chi connectivity index (χ0) is 13.5. The van der Waals surface area contributed by atoms with Crippen molar-refractivity contribution in [2.45, 2.75) is 45.2 Å². The molecule has 0 aliphatic carbocycles. The first-order valence-corrected chi connectivity index (χ1v) is 7.19. The van der Waals surface area contributed by atoms with E-state index >= 15 is 0 Å². The van der Waals surface area contributed by atoms with E-state index in [-0.39, 0.29) is 12.1 Å². The lowest BCUT2D eigenvalue weighted by molar-refractivity contribution is 0.207. The van der Waals surface area contributed by atoms with Gasteiger partial charge in [-0.05, 0) is 44.1 Å². The maximum atomic E-state index is 6.29. The first-order chi connectivity index (χ1) is 8.60. The Kier molecular flexibility index (Phi) is 6.69. The smallest absolute Gasteiger partial charge is 0.0496 e. The van der Waals surface area contributed by atoms with E-state index in [0.29, 0.717) is 0 Å². The third kappa shape index (κ3) is 4.27. The van der Waals surface area contributed by atoms with Crippen LogP contribution >= 0.6 is 11.6 Å². The van der Waals surface area contributed by atoms with Gasteiger partial charge in [-0.2, -0.15) is 0 Å². The summed E-state index contributed by atoms with van der Waals surface area (Å²) in [5, 5.41) is 0.777. The van der Waals surface area contributed by atoms with E-state index in [4.69, 9.17) is 17.3 Å². The van der Waals surface area contributed by atoms with Gasteiger partial charge in [0, 0.05) is 17.1 Å². The maximum absolute atomic E-state index is 6.29. The van der Waals surface area contributed by atoms with E-state index in [1.165, 1.54) is 18.4 Å². The SMILES string of the molecule is CCCCN(C)C(c1ccc(Cl)cc1)C(N)CC. The summed E-state index contributed by atoms with van der Waals surface area (Å²) >= 11 is 5.95. The Morgan fingerprint density at radius 1 is 1.22 bits per heavy atom. The molecule has 0 bridgehead atoms. The molecule has 0 spiro atoms. The number of rotatable bonds is 7. The highest BCUT2D eigenvalue weighted by Gasteiger charge is 2.22. The van der Waals surface area contributed by atoms with E-state index in [1.807, 2.05) is 12.1 Å². The molecule has 2 unspecified atom stereocenters. The van der Waals surface area contributed by atoms with E-state index in [1.54, 1.807) is 0 Å². The van der Waals surface area contributed by atoms with Crippen LogP contribution in [-0.2, 0) is 0 Å². The van der Waals surface area contributed by atoms with Crippen LogP contribution in [0.5, 0.6) is 0 Å². The normalized spacial score (nSPS) is 14.8. The number of halogens is 1. The van der Waals surface area contributed by atoms with Crippen LogP contribution in [0.4, 0.5) is 0 Å². The Hall–Kier alpha value is -0.570. The Labute approximate surface area is 116 Å². The van der Waals surface area contributed by atoms with Gasteiger partial charge >= 0.3 is 0 Å². The fourth-order valence-electron chi connectivity index (χ4n) is 2.26. The van der Waals surface area contributed by atoms with E-state index in [2.05, 4.69) is 37.9 Å². The highest BCUT2D eigenvalue weighted by Crippen LogP contribution is 2.25. The Balaban J connectivity index is 2.86. The molecule has 2 N–H and O–H groups in total. The van der Waals surface area contributed by atoms with Gasteiger partial charge in [0.15, 0.2) is 0 Å². The molecule has 102 valence electrons. The zero-order valence-electron chi connectivity index (χ0n) is 11.7. The molecule has 0 radical (unpaired) electrons. The van der Waals surface area contributed by atoms with Crippen molar-refractivity contribution in [2.24, 2.45) is 5.73 Å². The van der Waals surface area contributed by atoms with E-state index in [0.717, 1.165) is 18.0 Å². The highest BCUT2D eigenvalue weighted by atomic mass is 35.5. The van der Waals surface area contributed by atoms with Crippen LogP contribution < -0.4 is 5.73 Å². The van der Waals surface area contributed by atoms with Crippen LogP contribution in [0.3, 0.4) is 0 Å². The molecule has 0 heterocycles. The fourth-order valence-corrected chi connectivity index (χ4v) is 2.38. The number of benzene rings is 1. The zero-order valence-corrected chi connectivity index (χ0v) is 12.5. The van der Waals surface area contributed by atoms with Crippen molar-refractivity contribution in [3.63, 3.8) is 0 Å². The van der Waals surface area contributed by atoms with Crippen molar-refractivity contribution < 1.29 is 0 Å². The minimum absolute atomic E-state index is 0.160. The predicted molar refractivity (Wildman–Crippen MR) is 80.0 cm³/mol. The molecule has 1 rings (SSSR count). The predicted octanol–water partition coefficient (Wildman–Crippen LogP) is 3.85. The quantitative estimate of drug-likeness (QED) is 0.814. The van der Waals surface area contributed by atoms with Crippen molar-refractivity contribution in [1.82, 2.24) is 4.90 Å². The summed E-state index contributed by atoms with van der Waals surface area (Å²) in [6.45, 7) is 5.43. The first kappa shape index (κ1) is 15.5. The molecular formula is C15H25ClN2. The van der Waals surface area contributed by atoms with Crippen LogP contribution in [0.15, 0.2) is 24.3 Å². The summed E-state index contributed by atoms with van der Waals surface area (Å²) in [4.78, 5) is 2.36. The summed E-state index contributed by atoms with van der Waals surface area (Å²) in [5.74, 6) is 0. The summed E-state index contributed by atoms with van der Waals surface area (Å²) in [6, 6.07) is 8.50. The van der Waals surface area contributed by atoms with Gasteiger partial charge in [-0.1, -0.05) is 44.0 Å². The number of nitrogens with two attached hydrogens (primary N) is 1. The average Bonchev–Trinajstić information content (AvgIpc) is 2.38. The highest BCUT2D eigenvalue weighted by molar-refractivity contribution is 6.30. The minimum Gasteiger partial charge on any atom is -0.326 e. The monoisotopic (exact) mass is 268 g/mol. The molecule has 1 aromatic carbocycles. The van der Waals surface area contributed by atoms with Gasteiger partial charge in [0.2, 0.25) is 0 Å². The van der Waals surface area contributed by atoms with Crippen molar-refractivity contribution in [1.29, 1.82) is 0 Å². The van der Waals surface area contributed by atoms with Gasteiger partial charge in [-0.15, -0.1) is 0 Å². The minimum atomic E-state index is 0.160. The summed E-state index contributed by atoms with van der Waals surface area (Å²) in [7, 11) is 2.16.